The average molecular weight is 452 g/mol. The number of nitro groups is 1. The molecule has 2 aromatic heterocycles. The Morgan fingerprint density at radius 3 is 2.81 bits per heavy atom. The third-order valence-electron chi connectivity index (χ3n) is 5.38. The van der Waals surface area contributed by atoms with Crippen molar-refractivity contribution < 1.29 is 14.5 Å². The zero-order valence-corrected chi connectivity index (χ0v) is 18.1. The lowest BCUT2D eigenvalue weighted by Crippen LogP contribution is -2.32. The van der Waals surface area contributed by atoms with E-state index < -0.39 is 4.92 Å². The van der Waals surface area contributed by atoms with Gasteiger partial charge in [0, 0.05) is 36.8 Å². The van der Waals surface area contributed by atoms with E-state index in [4.69, 9.17) is 17.0 Å². The Morgan fingerprint density at radius 2 is 2.09 bits per heavy atom. The number of methoxy groups -OCH3 is 1. The normalized spacial score (nSPS) is 17.8. The number of carbonyl (C=O) groups is 1. The minimum absolute atomic E-state index is 0.00559. The predicted octanol–water partition coefficient (Wildman–Crippen LogP) is 3.32. The number of benzene rings is 1. The zero-order chi connectivity index (χ0) is 22.7. The first-order valence-corrected chi connectivity index (χ1v) is 10.4. The summed E-state index contributed by atoms with van der Waals surface area (Å²) in [7, 11) is 1.35. The number of carbonyl (C=O) groups excluding carboxylic acids is 1. The largest absolute Gasteiger partial charge is 0.469 e. The molecule has 1 N–H and O–H groups in total. The number of ether oxygens (including phenoxy) is 1. The number of non-ortho nitro benzene ring substituents is 1. The summed E-state index contributed by atoms with van der Waals surface area (Å²) in [5.41, 5.74) is 2.32. The summed E-state index contributed by atoms with van der Waals surface area (Å²) < 4.78 is 6.70. The molecule has 1 aliphatic heterocycles. The Bertz CT molecular complexity index is 1150. The highest BCUT2D eigenvalue weighted by atomic mass is 32.1. The fraction of sp³-hybridized carbons (Fsp3) is 0.227. The fourth-order valence-corrected chi connectivity index (χ4v) is 4.24. The number of hydrogen-bond acceptors (Lipinski definition) is 6. The molecular formula is C22H21N5O4S. The minimum Gasteiger partial charge on any atom is -0.469 e. The monoisotopic (exact) mass is 451 g/mol. The molecule has 0 radical (unpaired) electrons. The van der Waals surface area contributed by atoms with Crippen molar-refractivity contribution >= 4 is 29.0 Å². The van der Waals surface area contributed by atoms with Gasteiger partial charge >= 0.3 is 5.97 Å². The molecule has 9 nitrogen and oxygen atoms in total. The van der Waals surface area contributed by atoms with Crippen LogP contribution < -0.4 is 5.32 Å². The van der Waals surface area contributed by atoms with Gasteiger partial charge in [-0.3, -0.25) is 19.9 Å². The second-order valence-electron chi connectivity index (χ2n) is 7.23. The van der Waals surface area contributed by atoms with Crippen LogP contribution in [0.3, 0.4) is 0 Å². The molecule has 10 heteroatoms. The van der Waals surface area contributed by atoms with E-state index >= 15 is 0 Å². The predicted molar refractivity (Wildman–Crippen MR) is 121 cm³/mol. The number of rotatable bonds is 7. The van der Waals surface area contributed by atoms with Gasteiger partial charge in [-0.1, -0.05) is 12.1 Å². The summed E-state index contributed by atoms with van der Waals surface area (Å²) in [6, 6.07) is 15.4. The number of esters is 1. The van der Waals surface area contributed by atoms with Gasteiger partial charge in [0.1, 0.15) is 0 Å². The highest BCUT2D eigenvalue weighted by molar-refractivity contribution is 7.80. The van der Waals surface area contributed by atoms with E-state index in [1.54, 1.807) is 12.3 Å². The third-order valence-corrected chi connectivity index (χ3v) is 5.74. The van der Waals surface area contributed by atoms with Crippen LogP contribution in [0.1, 0.15) is 29.9 Å². The van der Waals surface area contributed by atoms with Crippen molar-refractivity contribution in [3.05, 3.63) is 88.5 Å². The van der Waals surface area contributed by atoms with Crippen LogP contribution in [0.4, 0.5) is 5.69 Å². The van der Waals surface area contributed by atoms with Crippen LogP contribution in [0.2, 0.25) is 0 Å². The molecule has 3 heterocycles. The molecule has 32 heavy (non-hydrogen) atoms. The average Bonchev–Trinajstić information content (AvgIpc) is 3.42. The quantitative estimate of drug-likeness (QED) is 0.253. The number of nitrogens with one attached hydrogen (secondary N) is 1. The van der Waals surface area contributed by atoms with Gasteiger partial charge in [-0.2, -0.15) is 0 Å². The van der Waals surface area contributed by atoms with Crippen molar-refractivity contribution in [1.82, 2.24) is 19.8 Å². The SMILES string of the molecule is COC(=O)CCN1C(=S)N[C@@H](c2ccccn2)[C@H]1c1cccn1-c1cccc([N+](=O)[O-])c1. The number of thiocarbonyl (C=S) groups is 1. The first-order valence-electron chi connectivity index (χ1n) is 9.96. The summed E-state index contributed by atoms with van der Waals surface area (Å²) in [6.07, 6.45) is 3.73. The highest BCUT2D eigenvalue weighted by Gasteiger charge is 2.41. The van der Waals surface area contributed by atoms with E-state index in [0.717, 1.165) is 11.4 Å². The molecule has 0 aliphatic carbocycles. The van der Waals surface area contributed by atoms with Crippen LogP contribution in [-0.4, -0.2) is 44.1 Å². The third kappa shape index (κ3) is 4.17. The summed E-state index contributed by atoms with van der Waals surface area (Å²) >= 11 is 5.61. The number of pyridine rings is 1. The van der Waals surface area contributed by atoms with Crippen LogP contribution in [0.5, 0.6) is 0 Å². The Labute approximate surface area is 189 Å². The Kier molecular flexibility index (Phi) is 6.13. The standard InChI is InChI=1S/C22H21N5O4S/c1-31-19(28)10-13-26-21(20(24-22(26)32)17-8-2-3-11-23-17)18-9-5-12-25(18)15-6-4-7-16(14-15)27(29)30/h2-9,11-12,14,20-21H,10,13H2,1H3,(H,24,32)/t20-,21+/m0/s1. The number of hydrogen-bond donors (Lipinski definition) is 1. The summed E-state index contributed by atoms with van der Waals surface area (Å²) in [6.45, 7) is 0.354. The maximum Gasteiger partial charge on any atom is 0.307 e. The second kappa shape index (κ2) is 9.15. The van der Waals surface area contributed by atoms with Crippen LogP contribution in [0.15, 0.2) is 67.0 Å². The van der Waals surface area contributed by atoms with E-state index in [1.165, 1.54) is 19.2 Å². The van der Waals surface area contributed by atoms with E-state index in [9.17, 15) is 14.9 Å². The molecule has 0 spiro atoms. The van der Waals surface area contributed by atoms with Gasteiger partial charge in [-0.05, 0) is 42.5 Å². The maximum absolute atomic E-state index is 11.8. The van der Waals surface area contributed by atoms with Crippen LogP contribution >= 0.6 is 12.2 Å². The molecule has 1 aromatic carbocycles. The maximum atomic E-state index is 11.8. The van der Waals surface area contributed by atoms with Gasteiger partial charge in [0.05, 0.1) is 41.9 Å². The molecule has 0 saturated carbocycles. The van der Waals surface area contributed by atoms with Crippen molar-refractivity contribution in [3.63, 3.8) is 0 Å². The summed E-state index contributed by atoms with van der Waals surface area (Å²) in [4.78, 5) is 29.1. The molecule has 4 rings (SSSR count). The number of nitrogens with zero attached hydrogens (tertiary/aromatic N) is 4. The van der Waals surface area contributed by atoms with Gasteiger partial charge in [-0.25, -0.2) is 0 Å². The lowest BCUT2D eigenvalue weighted by molar-refractivity contribution is -0.384. The molecule has 1 aliphatic rings. The molecule has 0 unspecified atom stereocenters. The minimum atomic E-state index is -0.418. The summed E-state index contributed by atoms with van der Waals surface area (Å²) in [5, 5.41) is 15.1. The van der Waals surface area contributed by atoms with Crippen LogP contribution in [-0.2, 0) is 9.53 Å². The van der Waals surface area contributed by atoms with Crippen molar-refractivity contribution in [3.8, 4) is 5.69 Å². The van der Waals surface area contributed by atoms with Crippen molar-refractivity contribution in [2.45, 2.75) is 18.5 Å². The van der Waals surface area contributed by atoms with Crippen LogP contribution in [0, 0.1) is 10.1 Å². The molecule has 0 bridgehead atoms. The lowest BCUT2D eigenvalue weighted by Gasteiger charge is -2.28. The Morgan fingerprint density at radius 1 is 1.25 bits per heavy atom. The second-order valence-corrected chi connectivity index (χ2v) is 7.61. The zero-order valence-electron chi connectivity index (χ0n) is 17.2. The first-order chi connectivity index (χ1) is 15.5. The number of nitro benzene ring substituents is 1. The van der Waals surface area contributed by atoms with Gasteiger partial charge < -0.3 is 19.5 Å². The van der Waals surface area contributed by atoms with E-state index in [0.29, 0.717) is 17.3 Å². The van der Waals surface area contributed by atoms with Crippen LogP contribution in [0.25, 0.3) is 5.69 Å². The first kappa shape index (κ1) is 21.4. The topological polar surface area (TPSA) is 103 Å². The van der Waals surface area contributed by atoms with Crippen molar-refractivity contribution in [2.24, 2.45) is 0 Å². The molecule has 1 saturated heterocycles. The number of aromatic nitrogens is 2. The van der Waals surface area contributed by atoms with E-state index in [2.05, 4.69) is 10.3 Å². The molecule has 1 fully saturated rings. The Balaban J connectivity index is 1.77. The van der Waals surface area contributed by atoms with Crippen molar-refractivity contribution in [2.75, 3.05) is 13.7 Å². The fourth-order valence-electron chi connectivity index (χ4n) is 3.91. The molecular weight excluding hydrogens is 430 g/mol. The van der Waals surface area contributed by atoms with Gasteiger partial charge in [0.15, 0.2) is 5.11 Å². The summed E-state index contributed by atoms with van der Waals surface area (Å²) in [5.74, 6) is -0.332. The van der Waals surface area contributed by atoms with Gasteiger partial charge in [0.25, 0.3) is 5.69 Å². The van der Waals surface area contributed by atoms with Gasteiger partial charge in [0.2, 0.25) is 0 Å². The smallest absolute Gasteiger partial charge is 0.307 e. The van der Waals surface area contributed by atoms with E-state index in [1.807, 2.05) is 52.1 Å². The highest BCUT2D eigenvalue weighted by Crippen LogP contribution is 2.39. The Hall–Kier alpha value is -3.79. The van der Waals surface area contributed by atoms with Gasteiger partial charge in [-0.15, -0.1) is 0 Å². The molecule has 0 amide bonds. The molecule has 164 valence electrons. The van der Waals surface area contributed by atoms with Crippen molar-refractivity contribution in [1.29, 1.82) is 0 Å². The molecule has 3 aromatic rings. The molecule has 2 atom stereocenters. The van der Waals surface area contributed by atoms with E-state index in [-0.39, 0.29) is 30.2 Å². The lowest BCUT2D eigenvalue weighted by atomic mass is 10.0.